The minimum Gasteiger partial charge on any atom is -0.390 e. The fourth-order valence-electron chi connectivity index (χ4n) is 1.11. The van der Waals surface area contributed by atoms with Crippen molar-refractivity contribution in [3.63, 3.8) is 0 Å². The van der Waals surface area contributed by atoms with Crippen LogP contribution in [-0.2, 0) is 6.42 Å². The standard InChI is InChI=1S/C10H13ClO/c1-10(2,12)7-8-5-3-4-6-9(8)11/h3-6,12H,7H2,1-2H3. The molecule has 1 aromatic carbocycles. The Hall–Kier alpha value is -0.530. The van der Waals surface area contributed by atoms with Crippen molar-refractivity contribution < 1.29 is 5.11 Å². The Kier molecular flexibility index (Phi) is 2.76. The predicted molar refractivity (Wildman–Crippen MR) is 51.5 cm³/mol. The van der Waals surface area contributed by atoms with Gasteiger partial charge in [0, 0.05) is 11.4 Å². The van der Waals surface area contributed by atoms with E-state index >= 15 is 0 Å². The molecule has 1 rings (SSSR count). The second-order valence-corrected chi connectivity index (χ2v) is 3.99. The molecular weight excluding hydrogens is 172 g/mol. The van der Waals surface area contributed by atoms with Crippen LogP contribution in [0.3, 0.4) is 0 Å². The smallest absolute Gasteiger partial charge is 0.0632 e. The fraction of sp³-hybridized carbons (Fsp3) is 0.400. The molecule has 0 aliphatic heterocycles. The maximum atomic E-state index is 9.54. The van der Waals surface area contributed by atoms with Crippen LogP contribution < -0.4 is 0 Å². The number of hydrogen-bond acceptors (Lipinski definition) is 1. The monoisotopic (exact) mass is 184 g/mol. The first-order valence-electron chi connectivity index (χ1n) is 3.95. The minimum absolute atomic E-state index is 0.590. The van der Waals surface area contributed by atoms with Crippen LogP contribution >= 0.6 is 11.6 Å². The van der Waals surface area contributed by atoms with Gasteiger partial charge >= 0.3 is 0 Å². The highest BCUT2D eigenvalue weighted by Gasteiger charge is 2.14. The topological polar surface area (TPSA) is 20.2 Å². The summed E-state index contributed by atoms with van der Waals surface area (Å²) in [5.74, 6) is 0. The summed E-state index contributed by atoms with van der Waals surface area (Å²) in [6, 6.07) is 7.58. The summed E-state index contributed by atoms with van der Waals surface area (Å²) in [7, 11) is 0. The zero-order valence-electron chi connectivity index (χ0n) is 7.34. The molecule has 0 aliphatic rings. The SMILES string of the molecule is CC(C)(O)Cc1ccccc1Cl. The number of halogens is 1. The summed E-state index contributed by atoms with van der Waals surface area (Å²) in [4.78, 5) is 0. The second kappa shape index (κ2) is 3.46. The van der Waals surface area contributed by atoms with E-state index in [0.717, 1.165) is 10.6 Å². The summed E-state index contributed by atoms with van der Waals surface area (Å²) in [6.45, 7) is 3.55. The molecule has 12 heavy (non-hydrogen) atoms. The molecule has 0 amide bonds. The zero-order chi connectivity index (χ0) is 9.19. The molecule has 1 nitrogen and oxygen atoms in total. The summed E-state index contributed by atoms with van der Waals surface area (Å²) < 4.78 is 0. The Morgan fingerprint density at radius 1 is 1.33 bits per heavy atom. The third-order valence-corrected chi connectivity index (χ3v) is 1.95. The van der Waals surface area contributed by atoms with Gasteiger partial charge in [-0.05, 0) is 25.5 Å². The molecule has 0 atom stereocenters. The zero-order valence-corrected chi connectivity index (χ0v) is 8.10. The maximum Gasteiger partial charge on any atom is 0.0632 e. The van der Waals surface area contributed by atoms with Gasteiger partial charge in [0.05, 0.1) is 5.60 Å². The first-order chi connectivity index (χ1) is 5.49. The number of rotatable bonds is 2. The molecular formula is C10H13ClO. The Bertz CT molecular complexity index is 263. The van der Waals surface area contributed by atoms with Crippen molar-refractivity contribution in [2.24, 2.45) is 0 Å². The van der Waals surface area contributed by atoms with E-state index in [1.165, 1.54) is 0 Å². The fourth-order valence-corrected chi connectivity index (χ4v) is 1.31. The first kappa shape index (κ1) is 9.56. The maximum absolute atomic E-state index is 9.54. The minimum atomic E-state index is -0.689. The molecule has 0 saturated heterocycles. The van der Waals surface area contributed by atoms with E-state index in [1.54, 1.807) is 13.8 Å². The van der Waals surface area contributed by atoms with E-state index in [1.807, 2.05) is 24.3 Å². The average Bonchev–Trinajstić information content (AvgIpc) is 1.91. The van der Waals surface area contributed by atoms with Crippen LogP contribution in [0.2, 0.25) is 5.02 Å². The van der Waals surface area contributed by atoms with Gasteiger partial charge in [-0.1, -0.05) is 29.8 Å². The lowest BCUT2D eigenvalue weighted by Crippen LogP contribution is -2.21. The molecule has 66 valence electrons. The van der Waals surface area contributed by atoms with Gasteiger partial charge in [0.1, 0.15) is 0 Å². The van der Waals surface area contributed by atoms with E-state index in [0.29, 0.717) is 6.42 Å². The van der Waals surface area contributed by atoms with E-state index in [2.05, 4.69) is 0 Å². The normalized spacial score (nSPS) is 11.7. The van der Waals surface area contributed by atoms with Gasteiger partial charge in [0.2, 0.25) is 0 Å². The Labute approximate surface area is 78.0 Å². The highest BCUT2D eigenvalue weighted by molar-refractivity contribution is 6.31. The lowest BCUT2D eigenvalue weighted by molar-refractivity contribution is 0.0810. The lowest BCUT2D eigenvalue weighted by Gasteiger charge is -2.17. The van der Waals surface area contributed by atoms with E-state index in [4.69, 9.17) is 11.6 Å². The van der Waals surface area contributed by atoms with Gasteiger partial charge in [-0.2, -0.15) is 0 Å². The number of hydrogen-bond donors (Lipinski definition) is 1. The molecule has 0 bridgehead atoms. The van der Waals surface area contributed by atoms with Crippen LogP contribution in [0, 0.1) is 0 Å². The molecule has 1 aromatic rings. The van der Waals surface area contributed by atoms with Crippen LogP contribution in [0.15, 0.2) is 24.3 Å². The molecule has 0 heterocycles. The third-order valence-electron chi connectivity index (χ3n) is 1.58. The van der Waals surface area contributed by atoms with Crippen molar-refractivity contribution >= 4 is 11.6 Å². The second-order valence-electron chi connectivity index (χ2n) is 3.58. The van der Waals surface area contributed by atoms with E-state index in [9.17, 15) is 5.11 Å². The van der Waals surface area contributed by atoms with E-state index < -0.39 is 5.60 Å². The number of aliphatic hydroxyl groups is 1. The van der Waals surface area contributed by atoms with Crippen LogP contribution in [0.1, 0.15) is 19.4 Å². The van der Waals surface area contributed by atoms with Gasteiger partial charge in [0.15, 0.2) is 0 Å². The van der Waals surface area contributed by atoms with Gasteiger partial charge < -0.3 is 5.11 Å². The molecule has 0 aliphatic carbocycles. The van der Waals surface area contributed by atoms with Crippen molar-refractivity contribution in [1.29, 1.82) is 0 Å². The van der Waals surface area contributed by atoms with Crippen molar-refractivity contribution in [2.45, 2.75) is 25.9 Å². The molecule has 2 heteroatoms. The molecule has 0 fully saturated rings. The van der Waals surface area contributed by atoms with Crippen molar-refractivity contribution in [1.82, 2.24) is 0 Å². The highest BCUT2D eigenvalue weighted by Crippen LogP contribution is 2.20. The Morgan fingerprint density at radius 2 is 1.92 bits per heavy atom. The van der Waals surface area contributed by atoms with Gasteiger partial charge in [-0.3, -0.25) is 0 Å². The molecule has 0 spiro atoms. The molecule has 0 unspecified atom stereocenters. The van der Waals surface area contributed by atoms with Crippen molar-refractivity contribution in [3.05, 3.63) is 34.9 Å². The predicted octanol–water partition coefficient (Wildman–Crippen LogP) is 2.65. The average molecular weight is 185 g/mol. The van der Waals surface area contributed by atoms with Crippen LogP contribution in [0.5, 0.6) is 0 Å². The Morgan fingerprint density at radius 3 is 2.42 bits per heavy atom. The quantitative estimate of drug-likeness (QED) is 0.750. The number of benzene rings is 1. The van der Waals surface area contributed by atoms with Gasteiger partial charge in [-0.15, -0.1) is 0 Å². The van der Waals surface area contributed by atoms with Crippen molar-refractivity contribution in [2.75, 3.05) is 0 Å². The van der Waals surface area contributed by atoms with Gasteiger partial charge in [0.25, 0.3) is 0 Å². The highest BCUT2D eigenvalue weighted by atomic mass is 35.5. The third kappa shape index (κ3) is 2.84. The van der Waals surface area contributed by atoms with Crippen molar-refractivity contribution in [3.8, 4) is 0 Å². The summed E-state index contributed by atoms with van der Waals surface area (Å²) >= 11 is 5.92. The lowest BCUT2D eigenvalue weighted by atomic mass is 9.99. The Balaban J connectivity index is 2.83. The molecule has 1 N–H and O–H groups in total. The first-order valence-corrected chi connectivity index (χ1v) is 4.33. The van der Waals surface area contributed by atoms with Crippen LogP contribution in [-0.4, -0.2) is 10.7 Å². The summed E-state index contributed by atoms with van der Waals surface area (Å²) in [5.41, 5.74) is 0.303. The van der Waals surface area contributed by atoms with Gasteiger partial charge in [-0.25, -0.2) is 0 Å². The largest absolute Gasteiger partial charge is 0.390 e. The molecule has 0 aromatic heterocycles. The summed E-state index contributed by atoms with van der Waals surface area (Å²) in [5, 5.41) is 10.3. The van der Waals surface area contributed by atoms with Crippen LogP contribution in [0.25, 0.3) is 0 Å². The van der Waals surface area contributed by atoms with E-state index in [-0.39, 0.29) is 0 Å². The molecule has 0 saturated carbocycles. The molecule has 0 radical (unpaired) electrons. The van der Waals surface area contributed by atoms with Crippen LogP contribution in [0.4, 0.5) is 0 Å². The summed E-state index contributed by atoms with van der Waals surface area (Å²) in [6.07, 6.45) is 0.590.